The first kappa shape index (κ1) is 21.7. The van der Waals surface area contributed by atoms with Crippen molar-refractivity contribution < 1.29 is 14.5 Å². The minimum absolute atomic E-state index is 0.0142. The summed E-state index contributed by atoms with van der Waals surface area (Å²) in [5.74, 6) is 0.380. The molecule has 4 rings (SSSR count). The highest BCUT2D eigenvalue weighted by Gasteiger charge is 2.18. The number of rotatable bonds is 5. The summed E-state index contributed by atoms with van der Waals surface area (Å²) in [5, 5.41) is 20.5. The van der Waals surface area contributed by atoms with Crippen LogP contribution in [0.25, 0.3) is 11.3 Å². The highest BCUT2D eigenvalue weighted by molar-refractivity contribution is 7.07. The lowest BCUT2D eigenvalue weighted by molar-refractivity contribution is -0.384. The summed E-state index contributed by atoms with van der Waals surface area (Å²) in [6, 6.07) is 9.99. The average Bonchev–Trinajstić information content (AvgIpc) is 3.14. The summed E-state index contributed by atoms with van der Waals surface area (Å²) in [7, 11) is 0. The summed E-state index contributed by atoms with van der Waals surface area (Å²) in [6.07, 6.45) is 1.52. The van der Waals surface area contributed by atoms with Gasteiger partial charge in [0.05, 0.1) is 22.5 Å². The van der Waals surface area contributed by atoms with Crippen LogP contribution in [0, 0.1) is 10.1 Å². The van der Waals surface area contributed by atoms with Gasteiger partial charge in [-0.25, -0.2) is 4.68 Å². The summed E-state index contributed by atoms with van der Waals surface area (Å²) in [6.45, 7) is 3.91. The standard InChI is InChI=1S/C21H18ClN5O4S/c1-12(2)24-21-26(23-9-13-3-5-15(22)17(7-13)27(29)30)18(11-32-21)14-4-6-19-16(8-14)25-20(28)10-31-19/h3-9,11-12H,10H2,1-2H3,(H,25,28). The number of carbonyl (C=O) groups excluding carboxylic acids is 1. The van der Waals surface area contributed by atoms with Crippen molar-refractivity contribution in [3.8, 4) is 17.0 Å². The first-order valence-electron chi connectivity index (χ1n) is 9.61. The van der Waals surface area contributed by atoms with Gasteiger partial charge in [0, 0.05) is 28.6 Å². The number of nitrogens with one attached hydrogen (secondary N) is 1. The highest BCUT2D eigenvalue weighted by Crippen LogP contribution is 2.33. The number of anilines is 1. The molecular weight excluding hydrogens is 454 g/mol. The predicted octanol–water partition coefficient (Wildman–Crippen LogP) is 4.30. The molecule has 1 aliphatic heterocycles. The SMILES string of the molecule is CC(C)N=c1scc(-c2ccc3c(c2)NC(=O)CO3)n1N=Cc1ccc(Cl)c([N+](=O)[O-])c1. The molecule has 0 saturated carbocycles. The Bertz CT molecular complexity index is 1310. The van der Waals surface area contributed by atoms with Crippen LogP contribution >= 0.6 is 22.9 Å². The lowest BCUT2D eigenvalue weighted by Gasteiger charge is -2.18. The Labute approximate surface area is 191 Å². The Morgan fingerprint density at radius 3 is 2.88 bits per heavy atom. The summed E-state index contributed by atoms with van der Waals surface area (Å²) in [5.41, 5.74) is 2.46. The Morgan fingerprint density at radius 2 is 2.12 bits per heavy atom. The van der Waals surface area contributed by atoms with Gasteiger partial charge in [0.25, 0.3) is 11.6 Å². The fourth-order valence-corrected chi connectivity index (χ4v) is 4.19. The number of amides is 1. The molecule has 164 valence electrons. The number of halogens is 1. The zero-order valence-corrected chi connectivity index (χ0v) is 18.7. The fraction of sp³-hybridized carbons (Fsp3) is 0.190. The van der Waals surface area contributed by atoms with Crippen molar-refractivity contribution >= 4 is 46.4 Å². The molecule has 0 aliphatic carbocycles. The van der Waals surface area contributed by atoms with Crippen LogP contribution in [0.3, 0.4) is 0 Å². The van der Waals surface area contributed by atoms with Gasteiger partial charge < -0.3 is 10.1 Å². The van der Waals surface area contributed by atoms with Crippen LogP contribution in [0.2, 0.25) is 5.02 Å². The van der Waals surface area contributed by atoms with E-state index in [1.54, 1.807) is 16.8 Å². The smallest absolute Gasteiger partial charge is 0.288 e. The van der Waals surface area contributed by atoms with E-state index in [0.29, 0.717) is 21.8 Å². The summed E-state index contributed by atoms with van der Waals surface area (Å²) >= 11 is 7.32. The van der Waals surface area contributed by atoms with Gasteiger partial charge in [0.15, 0.2) is 6.61 Å². The Hall–Kier alpha value is -3.50. The first-order valence-corrected chi connectivity index (χ1v) is 10.9. The molecule has 3 aromatic rings. The number of benzene rings is 2. The van der Waals surface area contributed by atoms with Crippen LogP contribution in [-0.4, -0.2) is 34.4 Å². The Kier molecular flexibility index (Phi) is 6.06. The van der Waals surface area contributed by atoms with Crippen LogP contribution in [0.5, 0.6) is 5.75 Å². The van der Waals surface area contributed by atoms with Gasteiger partial charge in [0.1, 0.15) is 10.8 Å². The minimum Gasteiger partial charge on any atom is -0.482 e. The third kappa shape index (κ3) is 4.56. The molecule has 0 atom stereocenters. The van der Waals surface area contributed by atoms with Gasteiger partial charge in [0.2, 0.25) is 4.80 Å². The zero-order valence-electron chi connectivity index (χ0n) is 17.1. The zero-order chi connectivity index (χ0) is 22.8. The van der Waals surface area contributed by atoms with Gasteiger partial charge in [-0.05, 0) is 38.1 Å². The maximum Gasteiger partial charge on any atom is 0.288 e. The van der Waals surface area contributed by atoms with E-state index >= 15 is 0 Å². The molecule has 0 fully saturated rings. The van der Waals surface area contributed by atoms with E-state index in [9.17, 15) is 14.9 Å². The van der Waals surface area contributed by atoms with E-state index in [0.717, 1.165) is 11.3 Å². The molecule has 1 aliphatic rings. The largest absolute Gasteiger partial charge is 0.482 e. The Morgan fingerprint density at radius 1 is 1.31 bits per heavy atom. The van der Waals surface area contributed by atoms with Gasteiger partial charge in [-0.2, -0.15) is 5.10 Å². The van der Waals surface area contributed by atoms with E-state index in [-0.39, 0.29) is 29.3 Å². The van der Waals surface area contributed by atoms with E-state index in [1.807, 2.05) is 31.4 Å². The molecule has 2 heterocycles. The third-order valence-electron chi connectivity index (χ3n) is 4.45. The number of hydrogen-bond acceptors (Lipinski definition) is 7. The van der Waals surface area contributed by atoms with Crippen LogP contribution in [-0.2, 0) is 4.79 Å². The van der Waals surface area contributed by atoms with Crippen molar-refractivity contribution in [3.05, 3.63) is 67.3 Å². The summed E-state index contributed by atoms with van der Waals surface area (Å²) in [4.78, 5) is 27.6. The number of nitrogens with zero attached hydrogens (tertiary/aromatic N) is 4. The van der Waals surface area contributed by atoms with Crippen molar-refractivity contribution in [2.45, 2.75) is 19.9 Å². The second kappa shape index (κ2) is 8.93. The summed E-state index contributed by atoms with van der Waals surface area (Å²) < 4.78 is 7.09. The molecule has 1 N–H and O–H groups in total. The van der Waals surface area contributed by atoms with Crippen molar-refractivity contribution in [2.24, 2.45) is 10.1 Å². The molecule has 2 aromatic carbocycles. The number of carbonyl (C=O) groups is 1. The molecule has 32 heavy (non-hydrogen) atoms. The van der Waals surface area contributed by atoms with E-state index in [2.05, 4.69) is 15.4 Å². The van der Waals surface area contributed by atoms with E-state index < -0.39 is 4.92 Å². The molecule has 0 unspecified atom stereocenters. The van der Waals surface area contributed by atoms with Crippen LogP contribution in [0.4, 0.5) is 11.4 Å². The van der Waals surface area contributed by atoms with Gasteiger partial charge in [-0.3, -0.25) is 19.9 Å². The highest BCUT2D eigenvalue weighted by atomic mass is 35.5. The van der Waals surface area contributed by atoms with Crippen molar-refractivity contribution in [3.63, 3.8) is 0 Å². The molecule has 0 bridgehead atoms. The van der Waals surface area contributed by atoms with Crippen LogP contribution in [0.15, 0.2) is 51.9 Å². The molecular formula is C21H18ClN5O4S. The van der Waals surface area contributed by atoms with Crippen LogP contribution < -0.4 is 14.9 Å². The normalized spacial score (nSPS) is 13.9. The van der Waals surface area contributed by atoms with Crippen molar-refractivity contribution in [2.75, 3.05) is 11.9 Å². The minimum atomic E-state index is -0.536. The van der Waals surface area contributed by atoms with Gasteiger partial charge in [-0.15, -0.1) is 11.3 Å². The molecule has 9 nitrogen and oxygen atoms in total. The van der Waals surface area contributed by atoms with Crippen LogP contribution in [0.1, 0.15) is 19.4 Å². The topological polar surface area (TPSA) is 111 Å². The third-order valence-corrected chi connectivity index (χ3v) is 5.60. The number of thiazole rings is 1. The van der Waals surface area contributed by atoms with Crippen molar-refractivity contribution in [1.29, 1.82) is 0 Å². The van der Waals surface area contributed by atoms with Gasteiger partial charge >= 0.3 is 0 Å². The maximum absolute atomic E-state index is 11.7. The van der Waals surface area contributed by atoms with Gasteiger partial charge in [-0.1, -0.05) is 17.7 Å². The van der Waals surface area contributed by atoms with Crippen molar-refractivity contribution in [1.82, 2.24) is 4.68 Å². The number of nitro groups is 1. The average molecular weight is 472 g/mol. The molecule has 0 spiro atoms. The second-order valence-electron chi connectivity index (χ2n) is 7.20. The lowest BCUT2D eigenvalue weighted by Crippen LogP contribution is -2.25. The monoisotopic (exact) mass is 471 g/mol. The number of aromatic nitrogens is 1. The number of hydrogen-bond donors (Lipinski definition) is 1. The maximum atomic E-state index is 11.7. The quantitative estimate of drug-likeness (QED) is 0.339. The molecule has 1 amide bonds. The molecule has 0 radical (unpaired) electrons. The molecule has 1 aromatic heterocycles. The Balaban J connectivity index is 1.79. The van der Waals surface area contributed by atoms with E-state index in [1.165, 1.54) is 29.7 Å². The molecule has 0 saturated heterocycles. The number of fused-ring (bicyclic) bond motifs is 1. The number of nitro benzene ring substituents is 1. The van der Waals surface area contributed by atoms with E-state index in [4.69, 9.17) is 16.3 Å². The lowest BCUT2D eigenvalue weighted by atomic mass is 10.1. The fourth-order valence-electron chi connectivity index (χ4n) is 3.04. The second-order valence-corrected chi connectivity index (χ2v) is 8.44. The molecule has 11 heteroatoms. The number of ether oxygens (including phenoxy) is 1. The predicted molar refractivity (Wildman–Crippen MR) is 124 cm³/mol. The first-order chi connectivity index (χ1) is 15.3.